The van der Waals surface area contributed by atoms with Crippen molar-refractivity contribution in [3.05, 3.63) is 74.4 Å². The lowest BCUT2D eigenvalue weighted by atomic mass is 10.1. The van der Waals surface area contributed by atoms with E-state index in [1.165, 1.54) is 17.4 Å². The van der Waals surface area contributed by atoms with E-state index >= 15 is 0 Å². The second-order valence-electron chi connectivity index (χ2n) is 5.43. The molecule has 0 saturated heterocycles. The third-order valence-electron chi connectivity index (χ3n) is 4.03. The number of aryl methyl sites for hydroxylation is 1. The smallest absolute Gasteiger partial charge is 0.349 e. The maximum absolute atomic E-state index is 12.5. The highest BCUT2D eigenvalue weighted by Gasteiger charge is 2.22. The van der Waals surface area contributed by atoms with Gasteiger partial charge in [-0.15, -0.1) is 0 Å². The van der Waals surface area contributed by atoms with E-state index in [1.54, 1.807) is 29.8 Å². The van der Waals surface area contributed by atoms with Gasteiger partial charge in [-0.1, -0.05) is 35.6 Å². The Morgan fingerprint density at radius 3 is 2.68 bits per heavy atom. The van der Waals surface area contributed by atoms with Gasteiger partial charge in [0.2, 0.25) is 0 Å². The maximum atomic E-state index is 12.5. The van der Waals surface area contributed by atoms with Crippen molar-refractivity contribution in [2.75, 3.05) is 0 Å². The van der Waals surface area contributed by atoms with E-state index in [0.717, 1.165) is 21.7 Å². The molecule has 0 spiro atoms. The van der Waals surface area contributed by atoms with Gasteiger partial charge in [-0.3, -0.25) is 10.1 Å². The van der Waals surface area contributed by atoms with Crippen LogP contribution < -0.4 is 26.9 Å². The van der Waals surface area contributed by atoms with Gasteiger partial charge >= 0.3 is 10.5 Å². The van der Waals surface area contributed by atoms with Crippen molar-refractivity contribution < 1.29 is 26.3 Å². The molecule has 0 bridgehead atoms. The molecular weight excluding hydrogens is 406 g/mol. The second kappa shape index (κ2) is 6.38. The first-order valence-electron chi connectivity index (χ1n) is 7.24. The molecule has 0 saturated carbocycles. The Balaban J connectivity index is 0.00000182. The molecule has 0 amide bonds. The fourth-order valence-corrected chi connectivity index (χ4v) is 3.87. The molecule has 6 nitrogen and oxygen atoms in total. The molecule has 2 aromatic carbocycles. The van der Waals surface area contributed by atoms with E-state index in [9.17, 15) is 14.9 Å². The summed E-state index contributed by atoms with van der Waals surface area (Å²) in [4.78, 5) is 23.9. The van der Waals surface area contributed by atoms with Gasteiger partial charge in [0, 0.05) is 23.1 Å². The minimum absolute atomic E-state index is 0. The number of non-ortho nitro benzene ring substituents is 1. The molecule has 0 aliphatic carbocycles. The van der Waals surface area contributed by atoms with Crippen LogP contribution in [-0.4, -0.2) is 9.49 Å². The number of halogens is 1. The average molecular weight is 418 g/mol. The Morgan fingerprint density at radius 2 is 1.92 bits per heavy atom. The van der Waals surface area contributed by atoms with Crippen LogP contribution in [0.5, 0.6) is 0 Å². The molecule has 0 N–H and O–H groups in total. The molecule has 4 rings (SSSR count). The van der Waals surface area contributed by atoms with Crippen LogP contribution in [0.15, 0.2) is 58.7 Å². The van der Waals surface area contributed by atoms with Gasteiger partial charge in [-0.2, -0.15) is 8.97 Å². The minimum Gasteiger partial charge on any atom is -1.00 e. The predicted octanol–water partition coefficient (Wildman–Crippen LogP) is -0.0821. The summed E-state index contributed by atoms with van der Waals surface area (Å²) >= 11 is 1.43. The van der Waals surface area contributed by atoms with Crippen LogP contribution in [0.2, 0.25) is 0 Å². The van der Waals surface area contributed by atoms with Crippen molar-refractivity contribution in [1.82, 2.24) is 4.57 Å². The number of hydrogen-bond acceptors (Lipinski definition) is 4. The van der Waals surface area contributed by atoms with Crippen LogP contribution in [0.3, 0.4) is 0 Å². The summed E-state index contributed by atoms with van der Waals surface area (Å²) < 4.78 is 3.58. The van der Waals surface area contributed by atoms with Crippen molar-refractivity contribution in [1.29, 1.82) is 0 Å². The largest absolute Gasteiger partial charge is 1.00 e. The Morgan fingerprint density at radius 1 is 1.16 bits per heavy atom. The number of fused-ring (bicyclic) bond motifs is 3. The number of para-hydroxylation sites is 1. The average Bonchev–Trinajstić information content (AvgIpc) is 3.05. The van der Waals surface area contributed by atoms with Crippen molar-refractivity contribution in [3.8, 4) is 11.3 Å². The topological polar surface area (TPSA) is 69.2 Å². The number of benzene rings is 2. The first kappa shape index (κ1) is 17.2. The second-order valence-corrected chi connectivity index (χ2v) is 6.26. The van der Waals surface area contributed by atoms with E-state index in [-0.39, 0.29) is 28.2 Å². The van der Waals surface area contributed by atoms with Crippen molar-refractivity contribution >= 4 is 32.9 Å². The highest BCUT2D eigenvalue weighted by atomic mass is 79.9. The fourth-order valence-electron chi connectivity index (χ4n) is 2.87. The van der Waals surface area contributed by atoms with E-state index in [4.69, 9.17) is 0 Å². The molecule has 126 valence electrons. The standard InChI is InChI=1S/C17H12N3O3S.BrH/c1-18-16(21)13-7-2-3-8-14(13)19-15(10-24-17(18)19)11-5-4-6-12(9-11)20(22)23;/h2-10H,1H3;1H/q+1;/p-1. The van der Waals surface area contributed by atoms with E-state index in [0.29, 0.717) is 5.39 Å². The van der Waals surface area contributed by atoms with Crippen LogP contribution in [0.25, 0.3) is 27.1 Å². The number of aromatic nitrogens is 2. The van der Waals surface area contributed by atoms with Gasteiger partial charge in [0.25, 0.3) is 5.69 Å². The van der Waals surface area contributed by atoms with Crippen LogP contribution in [-0.2, 0) is 7.05 Å². The molecule has 0 fully saturated rings. The van der Waals surface area contributed by atoms with Gasteiger partial charge in [0.15, 0.2) is 5.69 Å². The Kier molecular flexibility index (Phi) is 4.40. The van der Waals surface area contributed by atoms with Crippen molar-refractivity contribution in [3.63, 3.8) is 0 Å². The van der Waals surface area contributed by atoms with E-state index in [1.807, 2.05) is 34.0 Å². The third kappa shape index (κ3) is 2.63. The van der Waals surface area contributed by atoms with Crippen LogP contribution >= 0.6 is 11.3 Å². The van der Waals surface area contributed by atoms with Gasteiger partial charge in [-0.05, 0) is 12.1 Å². The molecule has 2 aromatic heterocycles. The molecule has 4 aromatic rings. The summed E-state index contributed by atoms with van der Waals surface area (Å²) in [5, 5.41) is 13.6. The normalized spacial score (nSPS) is 10.8. The molecular formula is C17H12BrN3O3S. The summed E-state index contributed by atoms with van der Waals surface area (Å²) in [6.07, 6.45) is 0. The lowest BCUT2D eigenvalue weighted by Gasteiger charge is -2.02. The molecule has 25 heavy (non-hydrogen) atoms. The first-order valence-corrected chi connectivity index (χ1v) is 8.11. The summed E-state index contributed by atoms with van der Waals surface area (Å²) in [7, 11) is 1.73. The molecule has 2 heterocycles. The Labute approximate surface area is 156 Å². The summed E-state index contributed by atoms with van der Waals surface area (Å²) in [6, 6.07) is 13.9. The van der Waals surface area contributed by atoms with Crippen molar-refractivity contribution in [2.24, 2.45) is 7.05 Å². The minimum atomic E-state index is -0.406. The van der Waals surface area contributed by atoms with Gasteiger partial charge in [0.1, 0.15) is 10.9 Å². The van der Waals surface area contributed by atoms with Gasteiger partial charge in [0.05, 0.1) is 12.0 Å². The zero-order chi connectivity index (χ0) is 16.8. The molecule has 0 aliphatic rings. The molecule has 8 heteroatoms. The molecule has 0 radical (unpaired) electrons. The number of rotatable bonds is 2. The highest BCUT2D eigenvalue weighted by Crippen LogP contribution is 2.25. The zero-order valence-electron chi connectivity index (χ0n) is 13.0. The van der Waals surface area contributed by atoms with Crippen molar-refractivity contribution in [2.45, 2.75) is 0 Å². The maximum Gasteiger partial charge on any atom is 0.349 e. The lowest BCUT2D eigenvalue weighted by molar-refractivity contribution is -0.468. The summed E-state index contributed by atoms with van der Waals surface area (Å²) in [5.41, 5.74) is 2.34. The summed E-state index contributed by atoms with van der Waals surface area (Å²) in [5.74, 6) is 0. The highest BCUT2D eigenvalue weighted by molar-refractivity contribution is 7.15. The van der Waals surface area contributed by atoms with Gasteiger partial charge < -0.3 is 17.0 Å². The first-order chi connectivity index (χ1) is 11.6. The molecule has 0 atom stereocenters. The zero-order valence-corrected chi connectivity index (χ0v) is 15.5. The van der Waals surface area contributed by atoms with Crippen LogP contribution in [0.4, 0.5) is 5.69 Å². The number of thiazole rings is 1. The Hall–Kier alpha value is -2.58. The number of nitro benzene ring substituents is 1. The SMILES string of the molecule is Cn1c(=O)c2ccccc2[n+]2c(-c3cccc([N+](=O)[O-])c3)csc12.[Br-]. The Bertz CT molecular complexity index is 1180. The third-order valence-corrected chi connectivity index (χ3v) is 5.04. The van der Waals surface area contributed by atoms with Gasteiger partial charge in [-0.25, -0.2) is 4.79 Å². The predicted molar refractivity (Wildman–Crippen MR) is 92.3 cm³/mol. The summed E-state index contributed by atoms with van der Waals surface area (Å²) in [6.45, 7) is 0. The quantitative estimate of drug-likeness (QED) is 0.260. The fraction of sp³-hybridized carbons (Fsp3) is 0.0588. The molecule has 0 unspecified atom stereocenters. The number of nitro groups is 1. The lowest BCUT2D eigenvalue weighted by Crippen LogP contribution is -3.00. The van der Waals surface area contributed by atoms with E-state index < -0.39 is 4.92 Å². The molecule has 0 aliphatic heterocycles. The number of hydrogen-bond donors (Lipinski definition) is 0. The van der Waals surface area contributed by atoms with E-state index in [2.05, 4.69) is 0 Å². The monoisotopic (exact) mass is 417 g/mol. The number of nitrogens with zero attached hydrogens (tertiary/aromatic N) is 3. The van der Waals surface area contributed by atoms with Crippen LogP contribution in [0.1, 0.15) is 0 Å². The van der Waals surface area contributed by atoms with Crippen LogP contribution in [0, 0.1) is 10.1 Å².